The zero-order valence-corrected chi connectivity index (χ0v) is 10.2. The number of carbonyl (C=O) groups is 1. The van der Waals surface area contributed by atoms with Gasteiger partial charge in [0.05, 0.1) is 17.6 Å². The largest absolute Gasteiger partial charge is 0.397 e. The second-order valence-corrected chi connectivity index (χ2v) is 4.00. The number of halogens is 1. The summed E-state index contributed by atoms with van der Waals surface area (Å²) in [5.41, 5.74) is 4.40. The molecule has 1 aromatic carbocycles. The maximum Gasteiger partial charge on any atom is 0.328 e. The number of hydrogen-bond acceptors (Lipinski definition) is 4. The lowest BCUT2D eigenvalue weighted by Gasteiger charge is -2.08. The zero-order chi connectivity index (χ0) is 14.7. The minimum Gasteiger partial charge on any atom is -0.397 e. The van der Waals surface area contributed by atoms with Crippen LogP contribution < -0.4 is 22.3 Å². The fraction of sp³-hybridized carbons (Fsp3) is 0.0833. The number of amides is 1. The molecule has 0 spiro atoms. The summed E-state index contributed by atoms with van der Waals surface area (Å²) in [6.45, 7) is -0.444. The molecule has 0 radical (unpaired) electrons. The van der Waals surface area contributed by atoms with Gasteiger partial charge in [-0.3, -0.25) is 19.1 Å². The average molecular weight is 278 g/mol. The Bertz CT molecular complexity index is 766. The number of H-pyrrole nitrogens is 1. The van der Waals surface area contributed by atoms with Gasteiger partial charge in [0.15, 0.2) is 0 Å². The topological polar surface area (TPSA) is 110 Å². The molecule has 0 saturated heterocycles. The number of nitrogens with one attached hydrogen (secondary N) is 2. The van der Waals surface area contributed by atoms with Crippen molar-refractivity contribution >= 4 is 17.3 Å². The van der Waals surface area contributed by atoms with Crippen LogP contribution in [0, 0.1) is 5.82 Å². The maximum atomic E-state index is 13.0. The van der Waals surface area contributed by atoms with Gasteiger partial charge in [-0.1, -0.05) is 12.1 Å². The van der Waals surface area contributed by atoms with Gasteiger partial charge in [-0.15, -0.1) is 0 Å². The molecule has 0 aliphatic heterocycles. The fourth-order valence-corrected chi connectivity index (χ4v) is 1.56. The summed E-state index contributed by atoms with van der Waals surface area (Å²) < 4.78 is 13.8. The van der Waals surface area contributed by atoms with Crippen LogP contribution in [0.25, 0.3) is 0 Å². The number of aromatic nitrogens is 2. The molecule has 7 nitrogen and oxygen atoms in total. The molecular weight excluding hydrogens is 267 g/mol. The lowest BCUT2D eigenvalue weighted by atomic mass is 10.2. The first-order chi connectivity index (χ1) is 9.47. The molecule has 2 aromatic rings. The summed E-state index contributed by atoms with van der Waals surface area (Å²) in [5.74, 6) is -1.71. The van der Waals surface area contributed by atoms with Gasteiger partial charge in [0.2, 0.25) is 11.7 Å². The van der Waals surface area contributed by atoms with Crippen molar-refractivity contribution in [3.8, 4) is 0 Å². The predicted octanol–water partition coefficient (Wildman–Crippen LogP) is -0.103. The summed E-state index contributed by atoms with van der Waals surface area (Å²) >= 11 is 0. The molecule has 20 heavy (non-hydrogen) atoms. The predicted molar refractivity (Wildman–Crippen MR) is 70.8 cm³/mol. The van der Waals surface area contributed by atoms with E-state index in [1.165, 1.54) is 0 Å². The number of para-hydroxylation sites is 2. The van der Waals surface area contributed by atoms with E-state index in [0.29, 0.717) is 17.6 Å². The number of hydrogen-bond donors (Lipinski definition) is 3. The van der Waals surface area contributed by atoms with E-state index in [4.69, 9.17) is 5.73 Å². The summed E-state index contributed by atoms with van der Waals surface area (Å²) in [5, 5.41) is 2.48. The van der Waals surface area contributed by atoms with Crippen LogP contribution in [0.2, 0.25) is 0 Å². The van der Waals surface area contributed by atoms with Crippen molar-refractivity contribution in [2.45, 2.75) is 6.54 Å². The smallest absolute Gasteiger partial charge is 0.328 e. The third-order valence-electron chi connectivity index (χ3n) is 2.52. The Labute approximate surface area is 111 Å². The molecule has 1 aromatic heterocycles. The summed E-state index contributed by atoms with van der Waals surface area (Å²) in [6.07, 6.45) is 0.676. The van der Waals surface area contributed by atoms with Gasteiger partial charge in [0.1, 0.15) is 6.54 Å². The Kier molecular flexibility index (Phi) is 3.65. The fourth-order valence-electron chi connectivity index (χ4n) is 1.56. The van der Waals surface area contributed by atoms with E-state index < -0.39 is 29.5 Å². The molecule has 1 amide bonds. The third-order valence-corrected chi connectivity index (χ3v) is 2.52. The monoisotopic (exact) mass is 278 g/mol. The second-order valence-electron chi connectivity index (χ2n) is 4.00. The molecule has 1 heterocycles. The van der Waals surface area contributed by atoms with Crippen molar-refractivity contribution in [1.29, 1.82) is 0 Å². The van der Waals surface area contributed by atoms with Crippen LogP contribution in [0.3, 0.4) is 0 Å². The number of anilines is 2. The van der Waals surface area contributed by atoms with E-state index >= 15 is 0 Å². The van der Waals surface area contributed by atoms with Gasteiger partial charge in [-0.25, -0.2) is 4.79 Å². The van der Waals surface area contributed by atoms with E-state index in [-0.39, 0.29) is 0 Å². The van der Waals surface area contributed by atoms with Crippen molar-refractivity contribution in [2.24, 2.45) is 0 Å². The number of nitrogen functional groups attached to an aromatic ring is 1. The van der Waals surface area contributed by atoms with Crippen LogP contribution in [0.4, 0.5) is 15.8 Å². The molecular formula is C12H11FN4O3. The first kappa shape index (κ1) is 13.5. The molecule has 0 unspecified atom stereocenters. The lowest BCUT2D eigenvalue weighted by Crippen LogP contribution is -2.34. The van der Waals surface area contributed by atoms with E-state index in [1.807, 2.05) is 0 Å². The van der Waals surface area contributed by atoms with E-state index in [0.717, 1.165) is 4.57 Å². The first-order valence-electron chi connectivity index (χ1n) is 5.61. The van der Waals surface area contributed by atoms with Gasteiger partial charge in [0.25, 0.3) is 5.56 Å². The number of rotatable bonds is 3. The van der Waals surface area contributed by atoms with E-state index in [1.54, 1.807) is 29.2 Å². The molecule has 104 valence electrons. The number of carbonyl (C=O) groups excluding carboxylic acids is 1. The molecule has 0 saturated carbocycles. The van der Waals surface area contributed by atoms with Gasteiger partial charge in [-0.2, -0.15) is 4.39 Å². The van der Waals surface area contributed by atoms with Crippen LogP contribution in [0.1, 0.15) is 0 Å². The average Bonchev–Trinajstić information content (AvgIpc) is 2.39. The minimum absolute atomic E-state index is 0.362. The third kappa shape index (κ3) is 2.91. The molecule has 0 bridgehead atoms. The zero-order valence-electron chi connectivity index (χ0n) is 10.2. The summed E-state index contributed by atoms with van der Waals surface area (Å²) in [4.78, 5) is 35.7. The Balaban J connectivity index is 2.17. The SMILES string of the molecule is Nc1ccccc1NC(=O)Cn1cc(F)c(=O)[nH]c1=O. The quantitative estimate of drug-likeness (QED) is 0.681. The lowest BCUT2D eigenvalue weighted by molar-refractivity contribution is -0.116. The number of nitrogens with two attached hydrogens (primary N) is 1. The Hall–Kier alpha value is -2.90. The van der Waals surface area contributed by atoms with Crippen LogP contribution >= 0.6 is 0 Å². The van der Waals surface area contributed by atoms with Gasteiger partial charge in [0, 0.05) is 0 Å². The van der Waals surface area contributed by atoms with Gasteiger partial charge >= 0.3 is 5.69 Å². The Morgan fingerprint density at radius 2 is 2.05 bits per heavy atom. The van der Waals surface area contributed by atoms with Crippen molar-refractivity contribution in [3.05, 3.63) is 57.1 Å². The highest BCUT2D eigenvalue weighted by molar-refractivity contribution is 5.93. The summed E-state index contributed by atoms with van der Waals surface area (Å²) in [6, 6.07) is 6.57. The minimum atomic E-state index is -1.14. The van der Waals surface area contributed by atoms with Crippen molar-refractivity contribution in [3.63, 3.8) is 0 Å². The highest BCUT2D eigenvalue weighted by Gasteiger charge is 2.09. The van der Waals surface area contributed by atoms with Gasteiger partial charge in [-0.05, 0) is 12.1 Å². The molecule has 0 aliphatic carbocycles. The maximum absolute atomic E-state index is 13.0. The van der Waals surface area contributed by atoms with Crippen LogP contribution in [-0.2, 0) is 11.3 Å². The first-order valence-corrected chi connectivity index (χ1v) is 5.61. The van der Waals surface area contributed by atoms with Crippen molar-refractivity contribution in [2.75, 3.05) is 11.1 Å². The van der Waals surface area contributed by atoms with Crippen molar-refractivity contribution < 1.29 is 9.18 Å². The van der Waals surface area contributed by atoms with E-state index in [9.17, 15) is 18.8 Å². The van der Waals surface area contributed by atoms with Crippen LogP contribution in [-0.4, -0.2) is 15.5 Å². The van der Waals surface area contributed by atoms with Crippen LogP contribution in [0.15, 0.2) is 40.1 Å². The molecule has 0 fully saturated rings. The summed E-state index contributed by atoms with van der Waals surface area (Å²) in [7, 11) is 0. The van der Waals surface area contributed by atoms with E-state index in [2.05, 4.69) is 5.32 Å². The molecule has 2 rings (SSSR count). The molecule has 4 N–H and O–H groups in total. The molecule has 0 atom stereocenters. The molecule has 0 aliphatic rings. The highest BCUT2D eigenvalue weighted by atomic mass is 19.1. The Morgan fingerprint density at radius 1 is 1.35 bits per heavy atom. The van der Waals surface area contributed by atoms with Crippen molar-refractivity contribution in [1.82, 2.24) is 9.55 Å². The van der Waals surface area contributed by atoms with Crippen LogP contribution in [0.5, 0.6) is 0 Å². The Morgan fingerprint density at radius 3 is 2.75 bits per heavy atom. The highest BCUT2D eigenvalue weighted by Crippen LogP contribution is 2.16. The second kappa shape index (κ2) is 5.39. The number of aromatic amines is 1. The normalized spacial score (nSPS) is 10.2. The number of nitrogens with zero attached hydrogens (tertiary/aromatic N) is 1. The number of benzene rings is 1. The molecule has 8 heteroatoms. The standard InChI is InChI=1S/C12H11FN4O3/c13-7-5-17(12(20)16-11(7)19)6-10(18)15-9-4-2-1-3-8(9)14/h1-5H,6,14H2,(H,15,18)(H,16,19,20). The van der Waals surface area contributed by atoms with Gasteiger partial charge < -0.3 is 11.1 Å².